The lowest BCUT2D eigenvalue weighted by Gasteiger charge is -2.17. The van der Waals surface area contributed by atoms with E-state index in [9.17, 15) is 4.79 Å². The maximum atomic E-state index is 13.6. The summed E-state index contributed by atoms with van der Waals surface area (Å²) in [5.41, 5.74) is 8.40. The number of rotatable bonds is 5. The number of benzene rings is 3. The number of nitrogens with zero attached hydrogens (tertiary/aromatic N) is 2. The molecule has 0 saturated carbocycles. The van der Waals surface area contributed by atoms with E-state index in [2.05, 4.69) is 39.8 Å². The molecule has 34 heavy (non-hydrogen) atoms. The molecule has 0 radical (unpaired) electrons. The van der Waals surface area contributed by atoms with Gasteiger partial charge in [-0.15, -0.1) is 0 Å². The van der Waals surface area contributed by atoms with Gasteiger partial charge in [-0.25, -0.2) is 4.99 Å². The van der Waals surface area contributed by atoms with Gasteiger partial charge in [-0.1, -0.05) is 18.2 Å². The van der Waals surface area contributed by atoms with Crippen molar-refractivity contribution in [3.8, 4) is 5.75 Å². The summed E-state index contributed by atoms with van der Waals surface area (Å²) < 4.78 is 5.66. The van der Waals surface area contributed by atoms with E-state index >= 15 is 0 Å². The minimum Gasteiger partial charge on any atom is -0.494 e. The Hall–Kier alpha value is -3.31. The standard InChI is InChI=1S/C29H30N2O2S/c1-7-33-26-13-10-23(14-22(26)6)17-27-28(32)31(25-12-9-19(3)21(5)16-25)29(34-27)30-24-11-8-18(2)20(4)15-24/h8-17H,7H2,1-6H3. The highest BCUT2D eigenvalue weighted by Crippen LogP contribution is 2.38. The van der Waals surface area contributed by atoms with E-state index in [1.165, 1.54) is 28.5 Å². The van der Waals surface area contributed by atoms with Crippen molar-refractivity contribution < 1.29 is 9.53 Å². The predicted octanol–water partition coefficient (Wildman–Crippen LogP) is 7.44. The number of carbonyl (C=O) groups excluding carboxylic acids is 1. The molecule has 1 amide bonds. The zero-order chi connectivity index (χ0) is 24.4. The second kappa shape index (κ2) is 9.90. The van der Waals surface area contributed by atoms with Crippen molar-refractivity contribution in [3.05, 3.63) is 92.9 Å². The lowest BCUT2D eigenvalue weighted by Crippen LogP contribution is -2.28. The maximum absolute atomic E-state index is 13.6. The molecule has 4 nitrogen and oxygen atoms in total. The van der Waals surface area contributed by atoms with Gasteiger partial charge in [-0.05, 0) is 129 Å². The van der Waals surface area contributed by atoms with Crippen LogP contribution in [0.3, 0.4) is 0 Å². The highest BCUT2D eigenvalue weighted by atomic mass is 32.2. The van der Waals surface area contributed by atoms with Crippen molar-refractivity contribution in [1.29, 1.82) is 0 Å². The highest BCUT2D eigenvalue weighted by Gasteiger charge is 2.35. The fraction of sp³-hybridized carbons (Fsp3) is 0.241. The van der Waals surface area contributed by atoms with Gasteiger partial charge in [0.05, 0.1) is 22.9 Å². The second-order valence-corrected chi connectivity index (χ2v) is 9.65. The monoisotopic (exact) mass is 470 g/mol. The van der Waals surface area contributed by atoms with Gasteiger partial charge < -0.3 is 4.74 Å². The van der Waals surface area contributed by atoms with E-state index in [4.69, 9.17) is 9.73 Å². The molecule has 0 spiro atoms. The van der Waals surface area contributed by atoms with E-state index in [1.54, 1.807) is 4.90 Å². The van der Waals surface area contributed by atoms with E-state index in [0.29, 0.717) is 16.7 Å². The van der Waals surface area contributed by atoms with Crippen LogP contribution in [0.4, 0.5) is 11.4 Å². The number of amides is 1. The Labute approximate surface area is 206 Å². The minimum absolute atomic E-state index is 0.0672. The lowest BCUT2D eigenvalue weighted by atomic mass is 10.1. The first-order valence-corrected chi connectivity index (χ1v) is 12.3. The van der Waals surface area contributed by atoms with Crippen LogP contribution in [-0.2, 0) is 4.79 Å². The van der Waals surface area contributed by atoms with E-state index in [0.717, 1.165) is 33.8 Å². The lowest BCUT2D eigenvalue weighted by molar-refractivity contribution is -0.113. The average molecular weight is 471 g/mol. The molecule has 0 N–H and O–H groups in total. The van der Waals surface area contributed by atoms with Crippen molar-refractivity contribution in [2.24, 2.45) is 4.99 Å². The molecule has 174 valence electrons. The van der Waals surface area contributed by atoms with Crippen molar-refractivity contribution in [2.75, 3.05) is 11.5 Å². The van der Waals surface area contributed by atoms with Crippen LogP contribution in [0.5, 0.6) is 5.75 Å². The Kier molecular flexibility index (Phi) is 6.94. The number of ether oxygens (including phenoxy) is 1. The largest absolute Gasteiger partial charge is 0.494 e. The van der Waals surface area contributed by atoms with Crippen LogP contribution < -0.4 is 9.64 Å². The molecule has 1 saturated heterocycles. The Morgan fingerprint density at radius 3 is 2.21 bits per heavy atom. The topological polar surface area (TPSA) is 41.9 Å². The zero-order valence-corrected chi connectivity index (χ0v) is 21.4. The van der Waals surface area contributed by atoms with Crippen molar-refractivity contribution in [3.63, 3.8) is 0 Å². The van der Waals surface area contributed by atoms with Gasteiger partial charge >= 0.3 is 0 Å². The van der Waals surface area contributed by atoms with Crippen LogP contribution in [-0.4, -0.2) is 17.7 Å². The molecule has 0 atom stereocenters. The molecule has 0 aliphatic carbocycles. The van der Waals surface area contributed by atoms with Gasteiger partial charge in [0.15, 0.2) is 5.17 Å². The predicted molar refractivity (Wildman–Crippen MR) is 144 cm³/mol. The SMILES string of the molecule is CCOc1ccc(C=C2SC(=Nc3ccc(C)c(C)c3)N(c3ccc(C)c(C)c3)C2=O)cc1C. The summed E-state index contributed by atoms with van der Waals surface area (Å²) in [6.45, 7) is 12.9. The Balaban J connectivity index is 1.77. The zero-order valence-electron chi connectivity index (χ0n) is 20.6. The first-order valence-electron chi connectivity index (χ1n) is 11.5. The minimum atomic E-state index is -0.0672. The average Bonchev–Trinajstić information content (AvgIpc) is 3.09. The third-order valence-electron chi connectivity index (χ3n) is 6.07. The Morgan fingerprint density at radius 2 is 1.56 bits per heavy atom. The highest BCUT2D eigenvalue weighted by molar-refractivity contribution is 8.19. The molecule has 0 aromatic heterocycles. The fourth-order valence-corrected chi connectivity index (χ4v) is 4.78. The molecule has 4 rings (SSSR count). The van der Waals surface area contributed by atoms with Gasteiger partial charge in [0, 0.05) is 0 Å². The van der Waals surface area contributed by atoms with Crippen LogP contribution in [0.15, 0.2) is 64.5 Å². The van der Waals surface area contributed by atoms with Crippen LogP contribution in [0.1, 0.15) is 40.3 Å². The van der Waals surface area contributed by atoms with Crippen molar-refractivity contribution >= 4 is 40.3 Å². The number of hydrogen-bond donors (Lipinski definition) is 0. The third-order valence-corrected chi connectivity index (χ3v) is 7.04. The molecule has 1 aliphatic heterocycles. The van der Waals surface area contributed by atoms with Crippen LogP contribution >= 0.6 is 11.8 Å². The number of aryl methyl sites for hydroxylation is 5. The molecule has 1 fully saturated rings. The molecule has 3 aromatic carbocycles. The third kappa shape index (κ3) is 4.95. The Morgan fingerprint density at radius 1 is 0.853 bits per heavy atom. The van der Waals surface area contributed by atoms with Crippen LogP contribution in [0, 0.1) is 34.6 Å². The molecular formula is C29H30N2O2S. The number of anilines is 1. The van der Waals surface area contributed by atoms with Crippen LogP contribution in [0.25, 0.3) is 6.08 Å². The number of carbonyl (C=O) groups is 1. The van der Waals surface area contributed by atoms with Gasteiger partial charge in [-0.3, -0.25) is 9.69 Å². The summed E-state index contributed by atoms with van der Waals surface area (Å²) in [6.07, 6.45) is 1.94. The van der Waals surface area contributed by atoms with Crippen LogP contribution in [0.2, 0.25) is 0 Å². The van der Waals surface area contributed by atoms with E-state index in [1.807, 2.05) is 62.4 Å². The summed E-state index contributed by atoms with van der Waals surface area (Å²) in [4.78, 5) is 20.9. The first-order chi connectivity index (χ1) is 16.3. The van der Waals surface area contributed by atoms with Gasteiger partial charge in [0.1, 0.15) is 5.75 Å². The van der Waals surface area contributed by atoms with E-state index in [-0.39, 0.29) is 5.91 Å². The Bertz CT molecular complexity index is 1320. The summed E-state index contributed by atoms with van der Waals surface area (Å²) in [5.74, 6) is 0.797. The quantitative estimate of drug-likeness (QED) is 0.364. The number of aliphatic imine (C=N–C) groups is 1. The van der Waals surface area contributed by atoms with Gasteiger partial charge in [0.2, 0.25) is 0 Å². The molecule has 1 heterocycles. The van der Waals surface area contributed by atoms with Crippen molar-refractivity contribution in [1.82, 2.24) is 0 Å². The van der Waals surface area contributed by atoms with Crippen molar-refractivity contribution in [2.45, 2.75) is 41.5 Å². The number of thioether (sulfide) groups is 1. The molecule has 5 heteroatoms. The number of amidine groups is 1. The first kappa shape index (κ1) is 23.8. The normalized spacial score (nSPS) is 16.1. The summed E-state index contributed by atoms with van der Waals surface area (Å²) in [7, 11) is 0. The molecule has 0 bridgehead atoms. The molecular weight excluding hydrogens is 440 g/mol. The summed E-state index contributed by atoms with van der Waals surface area (Å²) in [6, 6.07) is 18.2. The summed E-state index contributed by atoms with van der Waals surface area (Å²) >= 11 is 1.41. The summed E-state index contributed by atoms with van der Waals surface area (Å²) in [5, 5.41) is 0.658. The fourth-order valence-electron chi connectivity index (χ4n) is 3.78. The number of hydrogen-bond acceptors (Lipinski definition) is 4. The van der Waals surface area contributed by atoms with Gasteiger partial charge in [-0.2, -0.15) is 0 Å². The smallest absolute Gasteiger partial charge is 0.271 e. The molecule has 1 aliphatic rings. The van der Waals surface area contributed by atoms with E-state index < -0.39 is 0 Å². The molecule has 0 unspecified atom stereocenters. The molecule has 3 aromatic rings. The second-order valence-electron chi connectivity index (χ2n) is 8.64. The van der Waals surface area contributed by atoms with Gasteiger partial charge in [0.25, 0.3) is 5.91 Å². The maximum Gasteiger partial charge on any atom is 0.271 e.